The first kappa shape index (κ1) is 25.4. The van der Waals surface area contributed by atoms with Crippen molar-refractivity contribution in [1.82, 2.24) is 25.4 Å². The number of rotatable bonds is 8. The van der Waals surface area contributed by atoms with E-state index in [4.69, 9.17) is 4.74 Å². The highest BCUT2D eigenvalue weighted by Crippen LogP contribution is 2.21. The van der Waals surface area contributed by atoms with Crippen molar-refractivity contribution in [2.75, 3.05) is 66.6 Å². The number of benzene rings is 1. The predicted molar refractivity (Wildman–Crippen MR) is 136 cm³/mol. The molecule has 9 heteroatoms. The Kier molecular flexibility index (Phi) is 10.6. The van der Waals surface area contributed by atoms with Gasteiger partial charge in [0.2, 0.25) is 5.91 Å². The van der Waals surface area contributed by atoms with E-state index in [1.807, 2.05) is 6.07 Å². The number of fused-ring (bicyclic) bond motifs is 1. The fourth-order valence-electron chi connectivity index (χ4n) is 3.58. The number of guanidine groups is 1. The number of aromatic nitrogens is 1. The number of likely N-dealkylation sites (N-methyl/N-ethyl adjacent to an activating group) is 1. The molecule has 172 valence electrons. The zero-order valence-electron chi connectivity index (χ0n) is 18.7. The number of nitrogens with one attached hydrogen (secondary N) is 3. The van der Waals surface area contributed by atoms with E-state index < -0.39 is 0 Å². The van der Waals surface area contributed by atoms with Crippen molar-refractivity contribution in [3.63, 3.8) is 0 Å². The number of hydrogen-bond donors (Lipinski definition) is 3. The molecule has 1 aliphatic rings. The lowest BCUT2D eigenvalue weighted by molar-refractivity contribution is -0.127. The zero-order valence-corrected chi connectivity index (χ0v) is 21.1. The van der Waals surface area contributed by atoms with Crippen molar-refractivity contribution in [3.8, 4) is 0 Å². The molecule has 0 bridgehead atoms. The molecule has 0 radical (unpaired) electrons. The number of ether oxygens (including phenoxy) is 1. The Morgan fingerprint density at radius 1 is 1.19 bits per heavy atom. The van der Waals surface area contributed by atoms with Gasteiger partial charge in [0.05, 0.1) is 13.2 Å². The van der Waals surface area contributed by atoms with Crippen LogP contribution in [0.25, 0.3) is 10.9 Å². The number of carbonyl (C=O) groups is 1. The number of amides is 1. The minimum absolute atomic E-state index is 0. The summed E-state index contributed by atoms with van der Waals surface area (Å²) in [7, 11) is 3.49. The van der Waals surface area contributed by atoms with E-state index >= 15 is 0 Å². The van der Waals surface area contributed by atoms with E-state index in [-0.39, 0.29) is 36.4 Å². The standard InChI is InChI=1S/C22H34N6O2.HI/c1-17-18(19-6-4-5-7-20(19)26-17)8-9-23-22(25-16-21(29)27(2)3)24-10-11-28-12-14-30-15-13-28;/h4-7,26H,8-16H2,1-3H3,(H2,23,24,25);1H. The summed E-state index contributed by atoms with van der Waals surface area (Å²) in [4.78, 5) is 23.8. The van der Waals surface area contributed by atoms with Crippen LogP contribution in [0.3, 0.4) is 0 Å². The molecule has 1 saturated heterocycles. The second-order valence-corrected chi connectivity index (χ2v) is 7.78. The highest BCUT2D eigenvalue weighted by Gasteiger charge is 2.11. The monoisotopic (exact) mass is 542 g/mol. The molecule has 3 rings (SSSR count). The Morgan fingerprint density at radius 2 is 1.90 bits per heavy atom. The number of carbonyl (C=O) groups excluding carboxylic acids is 1. The average Bonchev–Trinajstić information content (AvgIpc) is 3.07. The highest BCUT2D eigenvalue weighted by molar-refractivity contribution is 14.0. The number of hydrogen-bond acceptors (Lipinski definition) is 4. The lowest BCUT2D eigenvalue weighted by Gasteiger charge is -2.26. The largest absolute Gasteiger partial charge is 0.379 e. The molecule has 1 aromatic carbocycles. The summed E-state index contributed by atoms with van der Waals surface area (Å²) in [5.74, 6) is 0.660. The number of nitrogens with zero attached hydrogens (tertiary/aromatic N) is 3. The van der Waals surface area contributed by atoms with Crippen LogP contribution in [0.1, 0.15) is 11.3 Å². The Balaban J connectivity index is 0.00000341. The Bertz CT molecular complexity index is 861. The van der Waals surface area contributed by atoms with Crippen LogP contribution >= 0.6 is 24.0 Å². The second-order valence-electron chi connectivity index (χ2n) is 7.78. The molecular formula is C22H35IN6O2. The van der Waals surface area contributed by atoms with E-state index in [1.165, 1.54) is 22.2 Å². The van der Waals surface area contributed by atoms with Crippen molar-refractivity contribution < 1.29 is 9.53 Å². The average molecular weight is 542 g/mol. The minimum Gasteiger partial charge on any atom is -0.379 e. The van der Waals surface area contributed by atoms with Crippen LogP contribution in [-0.4, -0.2) is 93.2 Å². The third-order valence-corrected chi connectivity index (χ3v) is 5.39. The van der Waals surface area contributed by atoms with E-state index in [1.54, 1.807) is 19.0 Å². The molecule has 2 aromatic rings. The van der Waals surface area contributed by atoms with Gasteiger partial charge in [-0.05, 0) is 25.0 Å². The number of para-hydroxylation sites is 1. The summed E-state index contributed by atoms with van der Waals surface area (Å²) in [6, 6.07) is 8.37. The fraction of sp³-hybridized carbons (Fsp3) is 0.545. The van der Waals surface area contributed by atoms with Crippen LogP contribution in [0, 0.1) is 6.92 Å². The number of morpholine rings is 1. The molecule has 31 heavy (non-hydrogen) atoms. The summed E-state index contributed by atoms with van der Waals surface area (Å²) >= 11 is 0. The van der Waals surface area contributed by atoms with Gasteiger partial charge in [0, 0.05) is 63.4 Å². The maximum Gasteiger partial charge on any atom is 0.243 e. The van der Waals surface area contributed by atoms with Crippen molar-refractivity contribution in [2.45, 2.75) is 13.3 Å². The van der Waals surface area contributed by atoms with Crippen LogP contribution in [0.2, 0.25) is 0 Å². The van der Waals surface area contributed by atoms with Crippen LogP contribution in [0.4, 0.5) is 0 Å². The van der Waals surface area contributed by atoms with E-state index in [0.29, 0.717) is 5.96 Å². The van der Waals surface area contributed by atoms with Gasteiger partial charge in [-0.15, -0.1) is 24.0 Å². The maximum atomic E-state index is 12.0. The third kappa shape index (κ3) is 7.65. The van der Waals surface area contributed by atoms with Gasteiger partial charge in [0.1, 0.15) is 6.54 Å². The Hall–Kier alpha value is -1.85. The summed E-state index contributed by atoms with van der Waals surface area (Å²) in [6.45, 7) is 8.18. The van der Waals surface area contributed by atoms with Crippen LogP contribution < -0.4 is 10.6 Å². The van der Waals surface area contributed by atoms with Gasteiger partial charge in [-0.1, -0.05) is 18.2 Å². The van der Waals surface area contributed by atoms with Gasteiger partial charge in [0.25, 0.3) is 0 Å². The maximum absolute atomic E-state index is 12.0. The Labute approximate surface area is 201 Å². The van der Waals surface area contributed by atoms with Gasteiger partial charge in [0.15, 0.2) is 5.96 Å². The van der Waals surface area contributed by atoms with Crippen LogP contribution in [0.5, 0.6) is 0 Å². The quantitative estimate of drug-likeness (QED) is 0.268. The number of aliphatic imine (C=N–C) groups is 1. The molecule has 0 saturated carbocycles. The highest BCUT2D eigenvalue weighted by atomic mass is 127. The normalized spacial score (nSPS) is 14.9. The zero-order chi connectivity index (χ0) is 21.3. The Morgan fingerprint density at radius 3 is 2.65 bits per heavy atom. The molecule has 8 nitrogen and oxygen atoms in total. The van der Waals surface area contributed by atoms with Gasteiger partial charge in [-0.3, -0.25) is 9.69 Å². The first-order valence-electron chi connectivity index (χ1n) is 10.6. The molecule has 0 spiro atoms. The first-order chi connectivity index (χ1) is 14.5. The van der Waals surface area contributed by atoms with Gasteiger partial charge < -0.3 is 25.3 Å². The van der Waals surface area contributed by atoms with Crippen LogP contribution in [-0.2, 0) is 16.0 Å². The van der Waals surface area contributed by atoms with Crippen LogP contribution in [0.15, 0.2) is 29.3 Å². The molecular weight excluding hydrogens is 507 g/mol. The first-order valence-corrected chi connectivity index (χ1v) is 10.6. The van der Waals surface area contributed by atoms with Crippen molar-refractivity contribution in [1.29, 1.82) is 0 Å². The van der Waals surface area contributed by atoms with Crippen molar-refractivity contribution in [3.05, 3.63) is 35.5 Å². The van der Waals surface area contributed by atoms with Gasteiger partial charge in [-0.2, -0.15) is 0 Å². The van der Waals surface area contributed by atoms with Crippen molar-refractivity contribution >= 4 is 46.7 Å². The summed E-state index contributed by atoms with van der Waals surface area (Å²) in [5, 5.41) is 8.03. The SMILES string of the molecule is Cc1[nH]c2ccccc2c1CCNC(=NCC(=O)N(C)C)NCCN1CCOCC1.I. The van der Waals surface area contributed by atoms with Gasteiger partial charge in [-0.25, -0.2) is 4.99 Å². The third-order valence-electron chi connectivity index (χ3n) is 5.39. The number of aryl methyl sites for hydroxylation is 1. The molecule has 0 aliphatic carbocycles. The molecule has 0 atom stereocenters. The summed E-state index contributed by atoms with van der Waals surface area (Å²) in [6.07, 6.45) is 0.877. The summed E-state index contributed by atoms with van der Waals surface area (Å²) in [5.41, 5.74) is 3.67. The molecule has 1 aliphatic heterocycles. The molecule has 3 N–H and O–H groups in total. The summed E-state index contributed by atoms with van der Waals surface area (Å²) < 4.78 is 5.40. The lowest BCUT2D eigenvalue weighted by atomic mass is 10.1. The lowest BCUT2D eigenvalue weighted by Crippen LogP contribution is -2.45. The van der Waals surface area contributed by atoms with E-state index in [0.717, 1.165) is 52.4 Å². The second kappa shape index (κ2) is 12.9. The topological polar surface area (TPSA) is 85.0 Å². The molecule has 2 heterocycles. The van der Waals surface area contributed by atoms with Gasteiger partial charge >= 0.3 is 0 Å². The van der Waals surface area contributed by atoms with E-state index in [9.17, 15) is 4.79 Å². The number of H-pyrrole nitrogens is 1. The number of halogens is 1. The van der Waals surface area contributed by atoms with Crippen molar-refractivity contribution in [2.24, 2.45) is 4.99 Å². The predicted octanol–water partition coefficient (Wildman–Crippen LogP) is 1.59. The molecule has 1 fully saturated rings. The minimum atomic E-state index is -0.0169. The molecule has 1 aromatic heterocycles. The smallest absolute Gasteiger partial charge is 0.243 e. The number of aromatic amines is 1. The van der Waals surface area contributed by atoms with E-state index in [2.05, 4.69) is 50.6 Å². The fourth-order valence-corrected chi connectivity index (χ4v) is 3.58. The molecule has 1 amide bonds. The molecule has 0 unspecified atom stereocenters.